The van der Waals surface area contributed by atoms with E-state index in [-0.39, 0.29) is 16.7 Å². The standard InChI is InChI=1S/C27H36N2O4S/c1-4-33-25-11-13-26(14-12-25)34(31,32)28-17-15-23(16-18-28)27(30)29(24-9-10-24)19-21-5-7-22(8-6-21)20(2)3/h5-8,11-14,20,23-24H,4,9-10,15-19H2,1-3H3. The highest BCUT2D eigenvalue weighted by Crippen LogP contribution is 2.33. The molecule has 0 unspecified atom stereocenters. The summed E-state index contributed by atoms with van der Waals surface area (Å²) in [5.41, 5.74) is 2.45. The van der Waals surface area contributed by atoms with Crippen LogP contribution in [0.3, 0.4) is 0 Å². The average molecular weight is 485 g/mol. The van der Waals surface area contributed by atoms with Crippen LogP contribution in [-0.4, -0.2) is 49.3 Å². The maximum Gasteiger partial charge on any atom is 0.243 e. The first-order chi connectivity index (χ1) is 16.3. The Bertz CT molecular complexity index is 1070. The molecule has 0 spiro atoms. The normalized spacial score (nSPS) is 17.6. The molecule has 0 N–H and O–H groups in total. The maximum atomic E-state index is 13.4. The van der Waals surface area contributed by atoms with E-state index in [1.54, 1.807) is 24.3 Å². The highest BCUT2D eigenvalue weighted by atomic mass is 32.2. The summed E-state index contributed by atoms with van der Waals surface area (Å²) in [7, 11) is -3.57. The topological polar surface area (TPSA) is 66.9 Å². The molecule has 0 atom stereocenters. The molecular formula is C27H36N2O4S. The number of ether oxygens (including phenoxy) is 1. The number of carbonyl (C=O) groups is 1. The summed E-state index contributed by atoms with van der Waals surface area (Å²) in [6, 6.07) is 15.5. The highest BCUT2D eigenvalue weighted by Gasteiger charge is 2.38. The number of benzene rings is 2. The van der Waals surface area contributed by atoms with Crippen LogP contribution in [0.2, 0.25) is 0 Å². The Morgan fingerprint density at radius 2 is 1.62 bits per heavy atom. The Kier molecular flexibility index (Phi) is 7.63. The third-order valence-corrected chi connectivity index (χ3v) is 8.76. The van der Waals surface area contributed by atoms with Gasteiger partial charge in [0.05, 0.1) is 11.5 Å². The molecular weight excluding hydrogens is 448 g/mol. The minimum atomic E-state index is -3.57. The summed E-state index contributed by atoms with van der Waals surface area (Å²) in [4.78, 5) is 15.7. The third kappa shape index (κ3) is 5.63. The second-order valence-corrected chi connectivity index (χ2v) is 11.6. The van der Waals surface area contributed by atoms with E-state index >= 15 is 0 Å². The van der Waals surface area contributed by atoms with Crippen LogP contribution in [0.5, 0.6) is 5.75 Å². The van der Waals surface area contributed by atoms with E-state index in [0.29, 0.717) is 56.8 Å². The van der Waals surface area contributed by atoms with Crippen molar-refractivity contribution in [2.24, 2.45) is 5.92 Å². The van der Waals surface area contributed by atoms with Crippen molar-refractivity contribution in [3.8, 4) is 5.75 Å². The molecule has 6 nitrogen and oxygen atoms in total. The molecule has 1 heterocycles. The minimum Gasteiger partial charge on any atom is -0.494 e. The average Bonchev–Trinajstić information content (AvgIpc) is 3.68. The lowest BCUT2D eigenvalue weighted by Gasteiger charge is -2.34. The molecule has 1 saturated carbocycles. The summed E-state index contributed by atoms with van der Waals surface area (Å²) in [6.45, 7) is 8.15. The van der Waals surface area contributed by atoms with Crippen molar-refractivity contribution in [1.29, 1.82) is 0 Å². The Labute approximate surface area is 204 Å². The fourth-order valence-electron chi connectivity index (χ4n) is 4.58. The molecule has 0 aromatic heterocycles. The molecule has 2 fully saturated rings. The molecule has 1 aliphatic heterocycles. The van der Waals surface area contributed by atoms with Gasteiger partial charge in [-0.1, -0.05) is 38.1 Å². The monoisotopic (exact) mass is 484 g/mol. The predicted molar refractivity (Wildman–Crippen MR) is 133 cm³/mol. The Morgan fingerprint density at radius 3 is 2.15 bits per heavy atom. The maximum absolute atomic E-state index is 13.4. The van der Waals surface area contributed by atoms with Gasteiger partial charge in [0.1, 0.15) is 5.75 Å². The number of piperidine rings is 1. The number of rotatable bonds is 9. The van der Waals surface area contributed by atoms with E-state index in [1.165, 1.54) is 9.87 Å². The van der Waals surface area contributed by atoms with Crippen molar-refractivity contribution >= 4 is 15.9 Å². The molecule has 2 aromatic rings. The number of hydrogen-bond acceptors (Lipinski definition) is 4. The zero-order valence-electron chi connectivity index (χ0n) is 20.4. The van der Waals surface area contributed by atoms with Gasteiger partial charge in [-0.2, -0.15) is 4.31 Å². The molecule has 34 heavy (non-hydrogen) atoms. The molecule has 184 valence electrons. The number of amides is 1. The molecule has 1 saturated heterocycles. The summed E-state index contributed by atoms with van der Waals surface area (Å²) in [5.74, 6) is 1.19. The van der Waals surface area contributed by atoms with Crippen LogP contribution in [0.25, 0.3) is 0 Å². The lowest BCUT2D eigenvalue weighted by molar-refractivity contribution is -0.138. The van der Waals surface area contributed by atoms with E-state index < -0.39 is 10.0 Å². The van der Waals surface area contributed by atoms with Crippen molar-refractivity contribution in [2.75, 3.05) is 19.7 Å². The summed E-state index contributed by atoms with van der Waals surface area (Å²) in [6.07, 6.45) is 3.23. The van der Waals surface area contributed by atoms with Crippen molar-refractivity contribution in [1.82, 2.24) is 9.21 Å². The van der Waals surface area contributed by atoms with E-state index in [9.17, 15) is 13.2 Å². The fourth-order valence-corrected chi connectivity index (χ4v) is 6.05. The highest BCUT2D eigenvalue weighted by molar-refractivity contribution is 7.89. The lowest BCUT2D eigenvalue weighted by Crippen LogP contribution is -2.44. The molecule has 2 aromatic carbocycles. The van der Waals surface area contributed by atoms with Crippen molar-refractivity contribution < 1.29 is 17.9 Å². The predicted octanol–water partition coefficient (Wildman–Crippen LogP) is 4.80. The van der Waals surface area contributed by atoms with Crippen LogP contribution in [0.4, 0.5) is 0 Å². The zero-order valence-corrected chi connectivity index (χ0v) is 21.3. The number of nitrogens with zero attached hydrogens (tertiary/aromatic N) is 2. The molecule has 4 rings (SSSR count). The van der Waals surface area contributed by atoms with Crippen LogP contribution in [0.15, 0.2) is 53.4 Å². The summed E-state index contributed by atoms with van der Waals surface area (Å²) >= 11 is 0. The molecule has 2 aliphatic rings. The molecule has 0 radical (unpaired) electrons. The van der Waals surface area contributed by atoms with E-state index in [0.717, 1.165) is 18.4 Å². The molecule has 0 bridgehead atoms. The van der Waals surface area contributed by atoms with E-state index in [1.807, 2.05) is 11.8 Å². The Morgan fingerprint density at radius 1 is 1.00 bits per heavy atom. The van der Waals surface area contributed by atoms with Crippen LogP contribution in [0, 0.1) is 5.92 Å². The number of hydrogen-bond donors (Lipinski definition) is 0. The second kappa shape index (κ2) is 10.5. The van der Waals surface area contributed by atoms with Gasteiger partial charge < -0.3 is 9.64 Å². The SMILES string of the molecule is CCOc1ccc(S(=O)(=O)N2CCC(C(=O)N(Cc3ccc(C(C)C)cc3)C3CC3)CC2)cc1. The van der Waals surface area contributed by atoms with Crippen molar-refractivity contribution in [3.05, 3.63) is 59.7 Å². The van der Waals surface area contributed by atoms with Gasteiger partial charge >= 0.3 is 0 Å². The van der Waals surface area contributed by atoms with Gasteiger partial charge in [-0.3, -0.25) is 4.79 Å². The van der Waals surface area contributed by atoms with Crippen molar-refractivity contribution in [3.63, 3.8) is 0 Å². The minimum absolute atomic E-state index is 0.123. The fraction of sp³-hybridized carbons (Fsp3) is 0.519. The Balaban J connectivity index is 1.37. The molecule has 7 heteroatoms. The van der Waals surface area contributed by atoms with E-state index in [4.69, 9.17) is 4.74 Å². The van der Waals surface area contributed by atoms with Crippen molar-refractivity contribution in [2.45, 2.75) is 69.9 Å². The molecule has 1 aliphatic carbocycles. The summed E-state index contributed by atoms with van der Waals surface area (Å²) in [5, 5.41) is 0. The third-order valence-electron chi connectivity index (χ3n) is 6.85. The largest absolute Gasteiger partial charge is 0.494 e. The number of sulfonamides is 1. The van der Waals surface area contributed by atoms with Gasteiger partial charge in [0.15, 0.2) is 0 Å². The van der Waals surface area contributed by atoms with Gasteiger partial charge in [0.2, 0.25) is 15.9 Å². The first kappa shape index (κ1) is 24.7. The first-order valence-electron chi connectivity index (χ1n) is 12.4. The van der Waals surface area contributed by atoms with Crippen LogP contribution >= 0.6 is 0 Å². The second-order valence-electron chi connectivity index (χ2n) is 9.68. The van der Waals surface area contributed by atoms with Gasteiger partial charge in [-0.05, 0) is 73.9 Å². The van der Waals surface area contributed by atoms with Gasteiger partial charge in [-0.25, -0.2) is 8.42 Å². The number of carbonyl (C=O) groups excluding carboxylic acids is 1. The quantitative estimate of drug-likeness (QED) is 0.513. The van der Waals surface area contributed by atoms with Gasteiger partial charge in [0, 0.05) is 31.6 Å². The molecule has 1 amide bonds. The first-order valence-corrected chi connectivity index (χ1v) is 13.9. The van der Waals surface area contributed by atoms with Crippen LogP contribution < -0.4 is 4.74 Å². The lowest BCUT2D eigenvalue weighted by atomic mass is 9.96. The summed E-state index contributed by atoms with van der Waals surface area (Å²) < 4.78 is 33.1. The Hall–Kier alpha value is -2.38. The zero-order chi connectivity index (χ0) is 24.3. The smallest absolute Gasteiger partial charge is 0.243 e. The van der Waals surface area contributed by atoms with Crippen LogP contribution in [-0.2, 0) is 21.4 Å². The van der Waals surface area contributed by atoms with Gasteiger partial charge in [0.25, 0.3) is 0 Å². The van der Waals surface area contributed by atoms with Crippen LogP contribution in [0.1, 0.15) is 63.5 Å². The van der Waals surface area contributed by atoms with Gasteiger partial charge in [-0.15, -0.1) is 0 Å². The van der Waals surface area contributed by atoms with E-state index in [2.05, 4.69) is 38.1 Å².